The van der Waals surface area contributed by atoms with Crippen LogP contribution in [0.25, 0.3) is 22.2 Å². The summed E-state index contributed by atoms with van der Waals surface area (Å²) in [5.74, 6) is 0.294. The standard InChI is InChI=1S/C21H24N4O/c1-13-10-19(18-12-22-25(3)14(18)2)24-20-11-16(8-9-17(13)20)23-21(26)15-6-4-5-7-15/h8-12,15H,4-7H2,1-3H3,(H,23,26). The number of anilines is 1. The monoisotopic (exact) mass is 348 g/mol. The van der Waals surface area contributed by atoms with Gasteiger partial charge in [-0.05, 0) is 50.5 Å². The van der Waals surface area contributed by atoms with Gasteiger partial charge in [0.25, 0.3) is 0 Å². The number of hydrogen-bond acceptors (Lipinski definition) is 3. The van der Waals surface area contributed by atoms with Crippen molar-refractivity contribution in [3.8, 4) is 11.3 Å². The van der Waals surface area contributed by atoms with Crippen molar-refractivity contribution < 1.29 is 4.79 Å². The molecule has 134 valence electrons. The fourth-order valence-corrected chi connectivity index (χ4v) is 3.80. The molecule has 1 amide bonds. The van der Waals surface area contributed by atoms with Crippen LogP contribution in [-0.2, 0) is 11.8 Å². The van der Waals surface area contributed by atoms with Gasteiger partial charge in [0.1, 0.15) is 0 Å². The van der Waals surface area contributed by atoms with Crippen LogP contribution in [0, 0.1) is 19.8 Å². The molecule has 0 unspecified atom stereocenters. The van der Waals surface area contributed by atoms with Crippen LogP contribution in [0.1, 0.15) is 36.9 Å². The van der Waals surface area contributed by atoms with E-state index in [2.05, 4.69) is 23.4 Å². The number of nitrogens with zero attached hydrogens (tertiary/aromatic N) is 3. The van der Waals surface area contributed by atoms with E-state index in [4.69, 9.17) is 4.98 Å². The number of nitrogens with one attached hydrogen (secondary N) is 1. The summed E-state index contributed by atoms with van der Waals surface area (Å²) in [5, 5.41) is 8.50. The molecule has 1 aliphatic rings. The SMILES string of the molecule is Cc1cc(-c2cnn(C)c2C)nc2cc(NC(=O)C3CCCC3)ccc12. The molecule has 5 nitrogen and oxygen atoms in total. The van der Waals surface area contributed by atoms with Gasteiger partial charge in [0.05, 0.1) is 17.4 Å². The molecular formula is C21H24N4O. The molecule has 4 rings (SSSR count). The molecule has 1 fully saturated rings. The van der Waals surface area contributed by atoms with Crippen molar-refractivity contribution in [2.45, 2.75) is 39.5 Å². The van der Waals surface area contributed by atoms with Crippen molar-refractivity contribution in [1.29, 1.82) is 0 Å². The van der Waals surface area contributed by atoms with Gasteiger partial charge in [-0.3, -0.25) is 9.48 Å². The number of aryl methyl sites for hydroxylation is 2. The first-order valence-corrected chi connectivity index (χ1v) is 9.24. The summed E-state index contributed by atoms with van der Waals surface area (Å²) in [6.45, 7) is 4.14. The van der Waals surface area contributed by atoms with E-state index < -0.39 is 0 Å². The van der Waals surface area contributed by atoms with Gasteiger partial charge in [-0.2, -0.15) is 5.10 Å². The Morgan fingerprint density at radius 2 is 1.96 bits per heavy atom. The first kappa shape index (κ1) is 16.8. The lowest BCUT2D eigenvalue weighted by Crippen LogP contribution is -2.20. The predicted molar refractivity (Wildman–Crippen MR) is 104 cm³/mol. The molecule has 0 saturated heterocycles. The molecule has 0 aliphatic heterocycles. The average molecular weight is 348 g/mol. The highest BCUT2D eigenvalue weighted by molar-refractivity contribution is 5.96. The number of carbonyl (C=O) groups is 1. The summed E-state index contributed by atoms with van der Waals surface area (Å²) in [6.07, 6.45) is 6.17. The number of carbonyl (C=O) groups excluding carboxylic acids is 1. The summed E-state index contributed by atoms with van der Waals surface area (Å²) >= 11 is 0. The minimum absolute atomic E-state index is 0.137. The van der Waals surface area contributed by atoms with Gasteiger partial charge in [0.2, 0.25) is 5.91 Å². The largest absolute Gasteiger partial charge is 0.326 e. The maximum Gasteiger partial charge on any atom is 0.227 e. The molecule has 1 N–H and O–H groups in total. The molecule has 1 aromatic carbocycles. The molecule has 0 spiro atoms. The lowest BCUT2D eigenvalue weighted by Gasteiger charge is -2.12. The summed E-state index contributed by atoms with van der Waals surface area (Å²) in [4.78, 5) is 17.3. The zero-order valence-electron chi connectivity index (χ0n) is 15.5. The van der Waals surface area contributed by atoms with E-state index in [1.165, 1.54) is 5.56 Å². The first-order chi connectivity index (χ1) is 12.5. The van der Waals surface area contributed by atoms with Crippen LogP contribution in [0.4, 0.5) is 5.69 Å². The van der Waals surface area contributed by atoms with Gasteiger partial charge in [-0.1, -0.05) is 18.9 Å². The van der Waals surface area contributed by atoms with E-state index >= 15 is 0 Å². The Labute approximate surface area is 153 Å². The number of amides is 1. The zero-order valence-corrected chi connectivity index (χ0v) is 15.5. The second-order valence-electron chi connectivity index (χ2n) is 7.29. The van der Waals surface area contributed by atoms with Crippen molar-refractivity contribution in [3.05, 3.63) is 41.7 Å². The van der Waals surface area contributed by atoms with E-state index in [1.54, 1.807) is 0 Å². The quantitative estimate of drug-likeness (QED) is 0.764. The number of pyridine rings is 1. The molecule has 2 heterocycles. The second kappa shape index (κ2) is 6.56. The zero-order chi connectivity index (χ0) is 18.3. The Morgan fingerprint density at radius 1 is 1.19 bits per heavy atom. The Bertz CT molecular complexity index is 983. The second-order valence-corrected chi connectivity index (χ2v) is 7.29. The minimum atomic E-state index is 0.137. The number of hydrogen-bond donors (Lipinski definition) is 1. The number of rotatable bonds is 3. The van der Waals surface area contributed by atoms with Gasteiger partial charge in [0, 0.05) is 35.3 Å². The van der Waals surface area contributed by atoms with Gasteiger partial charge in [-0.25, -0.2) is 4.98 Å². The predicted octanol–water partition coefficient (Wildman–Crippen LogP) is 4.38. The van der Waals surface area contributed by atoms with Crippen molar-refractivity contribution in [3.63, 3.8) is 0 Å². The summed E-state index contributed by atoms with van der Waals surface area (Å²) in [7, 11) is 1.93. The van der Waals surface area contributed by atoms with Crippen LogP contribution in [-0.4, -0.2) is 20.7 Å². The molecule has 26 heavy (non-hydrogen) atoms. The lowest BCUT2D eigenvalue weighted by molar-refractivity contribution is -0.119. The van der Waals surface area contributed by atoms with Crippen LogP contribution < -0.4 is 5.32 Å². The maximum absolute atomic E-state index is 12.4. The maximum atomic E-state index is 12.4. The van der Waals surface area contributed by atoms with Crippen LogP contribution in [0.15, 0.2) is 30.5 Å². The van der Waals surface area contributed by atoms with Gasteiger partial charge >= 0.3 is 0 Å². The third-order valence-corrected chi connectivity index (χ3v) is 5.52. The molecule has 1 aliphatic carbocycles. The number of benzene rings is 1. The third-order valence-electron chi connectivity index (χ3n) is 5.52. The van der Waals surface area contributed by atoms with E-state index in [1.807, 2.05) is 43.0 Å². The first-order valence-electron chi connectivity index (χ1n) is 9.24. The fourth-order valence-electron chi connectivity index (χ4n) is 3.80. The van der Waals surface area contributed by atoms with E-state index in [-0.39, 0.29) is 11.8 Å². The Kier molecular flexibility index (Phi) is 4.23. The van der Waals surface area contributed by atoms with Crippen LogP contribution in [0.3, 0.4) is 0 Å². The molecule has 1 saturated carbocycles. The van der Waals surface area contributed by atoms with E-state index in [9.17, 15) is 4.79 Å². The van der Waals surface area contributed by atoms with Crippen LogP contribution in [0.2, 0.25) is 0 Å². The molecule has 5 heteroatoms. The highest BCUT2D eigenvalue weighted by Crippen LogP contribution is 2.29. The van der Waals surface area contributed by atoms with Gasteiger partial charge in [-0.15, -0.1) is 0 Å². The summed E-state index contributed by atoms with van der Waals surface area (Å²) < 4.78 is 1.86. The smallest absolute Gasteiger partial charge is 0.227 e. The highest BCUT2D eigenvalue weighted by atomic mass is 16.1. The van der Waals surface area contributed by atoms with Crippen LogP contribution >= 0.6 is 0 Å². The Balaban J connectivity index is 1.70. The molecule has 0 atom stereocenters. The lowest BCUT2D eigenvalue weighted by atomic mass is 10.0. The van der Waals surface area contributed by atoms with Crippen LogP contribution in [0.5, 0.6) is 0 Å². The van der Waals surface area contributed by atoms with Crippen molar-refractivity contribution in [2.75, 3.05) is 5.32 Å². The number of fused-ring (bicyclic) bond motifs is 1. The highest BCUT2D eigenvalue weighted by Gasteiger charge is 2.22. The Hall–Kier alpha value is -2.69. The van der Waals surface area contributed by atoms with Gasteiger partial charge < -0.3 is 5.32 Å². The van der Waals surface area contributed by atoms with Gasteiger partial charge in [0.15, 0.2) is 0 Å². The topological polar surface area (TPSA) is 59.8 Å². The Morgan fingerprint density at radius 3 is 2.65 bits per heavy atom. The normalized spacial score (nSPS) is 14.9. The minimum Gasteiger partial charge on any atom is -0.326 e. The average Bonchev–Trinajstić information content (AvgIpc) is 3.26. The fraction of sp³-hybridized carbons (Fsp3) is 0.381. The summed E-state index contributed by atoms with van der Waals surface area (Å²) in [6, 6.07) is 8.09. The van der Waals surface area contributed by atoms with Crippen molar-refractivity contribution in [1.82, 2.24) is 14.8 Å². The van der Waals surface area contributed by atoms with Crippen molar-refractivity contribution in [2.24, 2.45) is 13.0 Å². The van der Waals surface area contributed by atoms with E-state index in [0.717, 1.165) is 59.2 Å². The molecular weight excluding hydrogens is 324 g/mol. The van der Waals surface area contributed by atoms with E-state index in [0.29, 0.717) is 0 Å². The third kappa shape index (κ3) is 2.98. The molecule has 0 bridgehead atoms. The molecule has 3 aromatic rings. The molecule has 2 aromatic heterocycles. The number of aromatic nitrogens is 3. The molecule has 0 radical (unpaired) electrons. The summed E-state index contributed by atoms with van der Waals surface area (Å²) in [5.41, 5.74) is 5.93. The van der Waals surface area contributed by atoms with Crippen molar-refractivity contribution >= 4 is 22.5 Å².